The fourth-order valence-corrected chi connectivity index (χ4v) is 7.44. The predicted molar refractivity (Wildman–Crippen MR) is 69.3 cm³/mol. The number of hydrogen-bond donors (Lipinski definition) is 0. The van der Waals surface area contributed by atoms with Gasteiger partial charge >= 0.3 is 6.00 Å². The maximum atomic E-state index is 5.80. The fourth-order valence-electron chi connectivity index (χ4n) is 0.914. The van der Waals surface area contributed by atoms with Gasteiger partial charge in [-0.05, 0) is 12.1 Å². The van der Waals surface area contributed by atoms with Crippen molar-refractivity contribution >= 4 is 47.3 Å². The first kappa shape index (κ1) is 13.5. The van der Waals surface area contributed by atoms with Crippen LogP contribution in [0.2, 0.25) is 12.1 Å². The molecule has 0 nitrogen and oxygen atoms in total. The van der Waals surface area contributed by atoms with Gasteiger partial charge in [-0.25, -0.2) is 0 Å². The van der Waals surface area contributed by atoms with Gasteiger partial charge in [0.25, 0.3) is 0 Å². The molecule has 5 heteroatoms. The molecule has 0 rings (SSSR count). The van der Waals surface area contributed by atoms with Gasteiger partial charge in [0.1, 0.15) is 8.07 Å². The molecule has 0 aliphatic heterocycles. The molecule has 0 spiro atoms. The normalized spacial score (nSPS) is 12.2. The van der Waals surface area contributed by atoms with E-state index in [-0.39, 0.29) is 0 Å². The lowest BCUT2D eigenvalue weighted by atomic mass is 10.9. The van der Waals surface area contributed by atoms with E-state index in [1.807, 2.05) is 17.1 Å². The highest BCUT2D eigenvalue weighted by Gasteiger charge is 2.30. The van der Waals surface area contributed by atoms with Gasteiger partial charge in [-0.3, -0.25) is 0 Å². The van der Waals surface area contributed by atoms with Crippen molar-refractivity contribution in [3.63, 3.8) is 0 Å². The van der Waals surface area contributed by atoms with E-state index in [2.05, 4.69) is 19.7 Å². The molecular formula is C8H13Cl3Si2. The van der Waals surface area contributed by atoms with Crippen molar-refractivity contribution in [1.29, 1.82) is 0 Å². The third kappa shape index (κ3) is 5.08. The summed E-state index contributed by atoms with van der Waals surface area (Å²) in [5.41, 5.74) is 5.74. The minimum absolute atomic E-state index is 0.647. The Kier molecular flexibility index (Phi) is 5.63. The average Bonchev–Trinajstić information content (AvgIpc) is 2.06. The minimum atomic E-state index is -2.51. The van der Waals surface area contributed by atoms with Crippen LogP contribution in [0.4, 0.5) is 0 Å². The maximum Gasteiger partial charge on any atom is 0.341 e. The summed E-state index contributed by atoms with van der Waals surface area (Å²) < 4.78 is 0. The van der Waals surface area contributed by atoms with Crippen molar-refractivity contribution in [2.75, 3.05) is 0 Å². The van der Waals surface area contributed by atoms with Crippen LogP contribution in [0.15, 0.2) is 36.8 Å². The summed E-state index contributed by atoms with van der Waals surface area (Å²) in [6, 6.07) is -1.01. The maximum absolute atomic E-state index is 5.80. The second-order valence-corrected chi connectivity index (χ2v) is 16.1. The lowest BCUT2D eigenvalue weighted by Gasteiger charge is -2.20. The Hall–Kier alpha value is 0.524. The third-order valence-corrected chi connectivity index (χ3v) is 8.40. The molecule has 0 unspecified atom stereocenters. The van der Waals surface area contributed by atoms with Crippen LogP contribution >= 0.6 is 33.2 Å². The molecule has 74 valence electrons. The molecule has 0 aliphatic carbocycles. The van der Waals surface area contributed by atoms with Gasteiger partial charge in [-0.15, -0.1) is 53.0 Å². The standard InChI is InChI=1S/C8H13Cl3Si2/c1-4-12(5-2,6-3)7-8-13(9,10)11/h4-6H,1-3,7-8H2. The minimum Gasteiger partial charge on any atom is -0.126 e. The van der Waals surface area contributed by atoms with Gasteiger partial charge in [-0.1, -0.05) is 17.1 Å². The smallest absolute Gasteiger partial charge is 0.126 e. The molecule has 0 bridgehead atoms. The Morgan fingerprint density at radius 2 is 1.23 bits per heavy atom. The molecule has 0 aromatic carbocycles. The highest BCUT2D eigenvalue weighted by Crippen LogP contribution is 2.30. The second-order valence-electron chi connectivity index (χ2n) is 2.84. The molecule has 0 heterocycles. The summed E-state index contributed by atoms with van der Waals surface area (Å²) in [6.07, 6.45) is 0. The topological polar surface area (TPSA) is 0 Å². The molecule has 0 saturated carbocycles. The Labute approximate surface area is 96.0 Å². The van der Waals surface area contributed by atoms with E-state index in [1.54, 1.807) is 0 Å². The van der Waals surface area contributed by atoms with Crippen LogP contribution in [0.25, 0.3) is 0 Å². The van der Waals surface area contributed by atoms with Gasteiger partial charge in [0.05, 0.1) is 0 Å². The SMILES string of the molecule is C=C[Si](C=C)(C=C)CC[Si](Cl)(Cl)Cl. The van der Waals surface area contributed by atoms with E-state index in [0.717, 1.165) is 6.04 Å². The summed E-state index contributed by atoms with van der Waals surface area (Å²) in [5, 5.41) is 0. The zero-order chi connectivity index (χ0) is 10.5. The van der Waals surface area contributed by atoms with Crippen LogP contribution in [-0.2, 0) is 0 Å². The van der Waals surface area contributed by atoms with Crippen LogP contribution in [0.5, 0.6) is 0 Å². The predicted octanol–water partition coefficient (Wildman–Crippen LogP) is 4.27. The van der Waals surface area contributed by atoms with Crippen LogP contribution < -0.4 is 0 Å². The van der Waals surface area contributed by atoms with Crippen molar-refractivity contribution in [3.05, 3.63) is 36.8 Å². The molecule has 0 fully saturated rings. The summed E-state index contributed by atoms with van der Waals surface area (Å²) in [7, 11) is -1.75. The van der Waals surface area contributed by atoms with Gasteiger partial charge in [0.15, 0.2) is 0 Å². The van der Waals surface area contributed by atoms with E-state index in [9.17, 15) is 0 Å². The first-order chi connectivity index (χ1) is 5.89. The van der Waals surface area contributed by atoms with Crippen molar-refractivity contribution in [3.8, 4) is 0 Å². The highest BCUT2D eigenvalue weighted by molar-refractivity contribution is 7.64. The molecule has 0 radical (unpaired) electrons. The van der Waals surface area contributed by atoms with E-state index in [0.29, 0.717) is 6.04 Å². The average molecular weight is 272 g/mol. The highest BCUT2D eigenvalue weighted by atomic mass is 35.8. The largest absolute Gasteiger partial charge is 0.341 e. The quantitative estimate of drug-likeness (QED) is 0.500. The van der Waals surface area contributed by atoms with Gasteiger partial charge in [0.2, 0.25) is 0 Å². The van der Waals surface area contributed by atoms with Crippen molar-refractivity contribution in [2.24, 2.45) is 0 Å². The first-order valence-corrected chi connectivity index (χ1v) is 11.5. The number of hydrogen-bond acceptors (Lipinski definition) is 0. The Bertz CT molecular complexity index is 186. The molecule has 0 atom stereocenters. The lowest BCUT2D eigenvalue weighted by Crippen LogP contribution is -2.28. The van der Waals surface area contributed by atoms with Crippen LogP contribution in [0, 0.1) is 0 Å². The van der Waals surface area contributed by atoms with Crippen molar-refractivity contribution in [1.82, 2.24) is 0 Å². The summed E-state index contributed by atoms with van der Waals surface area (Å²) in [6.45, 7) is 11.3. The molecule has 0 aromatic heterocycles. The van der Waals surface area contributed by atoms with E-state index in [1.165, 1.54) is 0 Å². The first-order valence-electron chi connectivity index (χ1n) is 3.86. The van der Waals surface area contributed by atoms with Crippen LogP contribution in [0.1, 0.15) is 0 Å². The van der Waals surface area contributed by atoms with Gasteiger partial charge in [0, 0.05) is 0 Å². The van der Waals surface area contributed by atoms with Crippen molar-refractivity contribution < 1.29 is 0 Å². The second kappa shape index (κ2) is 5.42. The molecular weight excluding hydrogens is 259 g/mol. The molecule has 0 N–H and O–H groups in total. The fraction of sp³-hybridized carbons (Fsp3) is 0.250. The third-order valence-electron chi connectivity index (χ3n) is 1.98. The zero-order valence-corrected chi connectivity index (χ0v) is 11.7. The van der Waals surface area contributed by atoms with Crippen molar-refractivity contribution in [2.45, 2.75) is 12.1 Å². The van der Waals surface area contributed by atoms with E-state index >= 15 is 0 Å². The number of halogens is 3. The molecule has 0 amide bonds. The summed E-state index contributed by atoms with van der Waals surface area (Å²) in [5.74, 6) is 0. The van der Waals surface area contributed by atoms with E-state index in [4.69, 9.17) is 33.2 Å². The zero-order valence-electron chi connectivity index (χ0n) is 7.40. The lowest BCUT2D eigenvalue weighted by molar-refractivity contribution is 1.38. The molecule has 0 saturated heterocycles. The Morgan fingerprint density at radius 3 is 1.46 bits per heavy atom. The van der Waals surface area contributed by atoms with Gasteiger partial charge in [-0.2, -0.15) is 0 Å². The number of rotatable bonds is 6. The van der Waals surface area contributed by atoms with E-state index < -0.39 is 14.1 Å². The van der Waals surface area contributed by atoms with Crippen LogP contribution in [0.3, 0.4) is 0 Å². The van der Waals surface area contributed by atoms with Gasteiger partial charge < -0.3 is 0 Å². The Morgan fingerprint density at radius 1 is 0.846 bits per heavy atom. The summed E-state index contributed by atoms with van der Waals surface area (Å²) >= 11 is 17.4. The summed E-state index contributed by atoms with van der Waals surface area (Å²) in [4.78, 5) is 0. The monoisotopic (exact) mass is 270 g/mol. The molecule has 0 aromatic rings. The Balaban J connectivity index is 4.36. The van der Waals surface area contributed by atoms with Crippen LogP contribution in [-0.4, -0.2) is 14.1 Å². The molecule has 13 heavy (non-hydrogen) atoms. The molecule has 0 aliphatic rings.